The van der Waals surface area contributed by atoms with Crippen LogP contribution in [0.4, 0.5) is 13.2 Å². The molecular formula is C20H21F3N2O. The average Bonchev–Trinajstić information content (AvgIpc) is 2.66. The second-order valence-corrected chi connectivity index (χ2v) is 6.43. The molecule has 26 heavy (non-hydrogen) atoms. The Bertz CT molecular complexity index is 740. The molecule has 1 fully saturated rings. The van der Waals surface area contributed by atoms with Gasteiger partial charge < -0.3 is 5.32 Å². The molecule has 1 saturated heterocycles. The molecule has 1 N–H and O–H groups in total. The number of nitrogens with zero attached hydrogens (tertiary/aromatic N) is 1. The van der Waals surface area contributed by atoms with E-state index in [1.54, 1.807) is 0 Å². The van der Waals surface area contributed by atoms with Gasteiger partial charge in [0, 0.05) is 13.1 Å². The summed E-state index contributed by atoms with van der Waals surface area (Å²) in [6, 6.07) is 14.3. The number of amides is 1. The monoisotopic (exact) mass is 362 g/mol. The zero-order valence-electron chi connectivity index (χ0n) is 14.3. The molecule has 0 saturated carbocycles. The molecule has 1 aliphatic rings. The van der Waals surface area contributed by atoms with Crippen molar-refractivity contribution < 1.29 is 18.0 Å². The fraction of sp³-hybridized carbons (Fsp3) is 0.350. The predicted molar refractivity (Wildman–Crippen MR) is 93.5 cm³/mol. The number of likely N-dealkylation sites (tertiary alicyclic amines) is 1. The lowest BCUT2D eigenvalue weighted by molar-refractivity contribution is -0.137. The van der Waals surface area contributed by atoms with Gasteiger partial charge in [-0.25, -0.2) is 0 Å². The Morgan fingerprint density at radius 3 is 2.19 bits per heavy atom. The van der Waals surface area contributed by atoms with E-state index in [1.807, 2.05) is 30.3 Å². The Balaban J connectivity index is 1.89. The number of alkyl halides is 3. The van der Waals surface area contributed by atoms with Gasteiger partial charge in [-0.15, -0.1) is 0 Å². The van der Waals surface area contributed by atoms with E-state index in [2.05, 4.69) is 10.2 Å². The van der Waals surface area contributed by atoms with Crippen LogP contribution in [0, 0.1) is 0 Å². The van der Waals surface area contributed by atoms with E-state index in [-0.39, 0.29) is 5.56 Å². The lowest BCUT2D eigenvalue weighted by atomic mass is 10.0. The molecule has 1 atom stereocenters. The first kappa shape index (κ1) is 18.5. The Labute approximate surface area is 150 Å². The third kappa shape index (κ3) is 4.25. The highest BCUT2D eigenvalue weighted by Gasteiger charge is 2.35. The number of carbonyl (C=O) groups excluding carboxylic acids is 1. The van der Waals surface area contributed by atoms with Gasteiger partial charge in [-0.05, 0) is 30.5 Å². The highest BCUT2D eigenvalue weighted by Crippen LogP contribution is 2.32. The van der Waals surface area contributed by atoms with Gasteiger partial charge in [0.15, 0.2) is 0 Å². The SMILES string of the molecule is O=C(NC(c1ccccc1)N1CCCCC1)c1ccccc1C(F)(F)F. The van der Waals surface area contributed by atoms with Crippen LogP contribution in [0.3, 0.4) is 0 Å². The van der Waals surface area contributed by atoms with Crippen LogP contribution < -0.4 is 5.32 Å². The maximum Gasteiger partial charge on any atom is 0.417 e. The first-order valence-corrected chi connectivity index (χ1v) is 8.73. The normalized spacial score (nSPS) is 16.9. The molecule has 0 bridgehead atoms. The van der Waals surface area contributed by atoms with E-state index in [9.17, 15) is 18.0 Å². The van der Waals surface area contributed by atoms with Crippen LogP contribution in [-0.2, 0) is 6.18 Å². The van der Waals surface area contributed by atoms with Crippen LogP contribution in [-0.4, -0.2) is 23.9 Å². The molecule has 3 nitrogen and oxygen atoms in total. The molecule has 1 unspecified atom stereocenters. The first-order valence-electron chi connectivity index (χ1n) is 8.73. The number of nitrogens with one attached hydrogen (secondary N) is 1. The smallest absolute Gasteiger partial charge is 0.332 e. The largest absolute Gasteiger partial charge is 0.417 e. The van der Waals surface area contributed by atoms with E-state index in [4.69, 9.17) is 0 Å². The lowest BCUT2D eigenvalue weighted by Gasteiger charge is -2.35. The van der Waals surface area contributed by atoms with Gasteiger partial charge in [0.2, 0.25) is 0 Å². The standard InChI is InChI=1S/C20H21F3N2O/c21-20(22,23)17-12-6-5-11-16(17)19(26)24-18(15-9-3-1-4-10-15)25-13-7-2-8-14-25/h1,3-6,9-12,18H,2,7-8,13-14H2,(H,24,26). The summed E-state index contributed by atoms with van der Waals surface area (Å²) in [4.78, 5) is 14.8. The molecule has 2 aromatic rings. The summed E-state index contributed by atoms with van der Waals surface area (Å²) in [5.41, 5.74) is -0.395. The van der Waals surface area contributed by atoms with Gasteiger partial charge >= 0.3 is 6.18 Å². The van der Waals surface area contributed by atoms with Crippen molar-refractivity contribution in [3.8, 4) is 0 Å². The van der Waals surface area contributed by atoms with Crippen LogP contribution in [0.5, 0.6) is 0 Å². The maximum absolute atomic E-state index is 13.2. The highest BCUT2D eigenvalue weighted by molar-refractivity contribution is 5.96. The minimum absolute atomic E-state index is 0.349. The van der Waals surface area contributed by atoms with Gasteiger partial charge in [0.1, 0.15) is 6.17 Å². The summed E-state index contributed by atoms with van der Waals surface area (Å²) < 4.78 is 39.7. The third-order valence-electron chi connectivity index (χ3n) is 4.62. The molecule has 1 amide bonds. The third-order valence-corrected chi connectivity index (χ3v) is 4.62. The van der Waals surface area contributed by atoms with Gasteiger partial charge in [-0.2, -0.15) is 13.2 Å². The highest BCUT2D eigenvalue weighted by atomic mass is 19.4. The van der Waals surface area contributed by atoms with E-state index < -0.39 is 23.8 Å². The number of benzene rings is 2. The fourth-order valence-electron chi connectivity index (χ4n) is 3.33. The molecule has 0 radical (unpaired) electrons. The molecule has 0 spiro atoms. The molecule has 3 rings (SSSR count). The van der Waals surface area contributed by atoms with E-state index in [1.165, 1.54) is 18.2 Å². The lowest BCUT2D eigenvalue weighted by Crippen LogP contribution is -2.44. The molecule has 0 aromatic heterocycles. The molecular weight excluding hydrogens is 341 g/mol. The number of rotatable bonds is 4. The van der Waals surface area contributed by atoms with Crippen LogP contribution in [0.1, 0.15) is 46.9 Å². The predicted octanol–water partition coefficient (Wildman–Crippen LogP) is 4.62. The summed E-state index contributed by atoms with van der Waals surface area (Å²) in [6.07, 6.45) is -1.86. The van der Waals surface area contributed by atoms with E-state index in [0.717, 1.165) is 44.0 Å². The summed E-state index contributed by atoms with van der Waals surface area (Å²) in [5, 5.41) is 2.82. The maximum atomic E-state index is 13.2. The molecule has 1 heterocycles. The number of hydrogen-bond acceptors (Lipinski definition) is 2. The Morgan fingerprint density at radius 2 is 1.54 bits per heavy atom. The molecule has 138 valence electrons. The molecule has 0 aliphatic carbocycles. The van der Waals surface area contributed by atoms with Crippen LogP contribution in [0.25, 0.3) is 0 Å². The van der Waals surface area contributed by atoms with E-state index >= 15 is 0 Å². The van der Waals surface area contributed by atoms with Crippen molar-refractivity contribution in [3.63, 3.8) is 0 Å². The quantitative estimate of drug-likeness (QED) is 0.861. The van der Waals surface area contributed by atoms with Crippen molar-refractivity contribution in [1.29, 1.82) is 0 Å². The van der Waals surface area contributed by atoms with Crippen molar-refractivity contribution in [1.82, 2.24) is 10.2 Å². The summed E-state index contributed by atoms with van der Waals surface area (Å²) in [7, 11) is 0. The van der Waals surface area contributed by atoms with Crippen LogP contribution in [0.15, 0.2) is 54.6 Å². The van der Waals surface area contributed by atoms with E-state index in [0.29, 0.717) is 0 Å². The van der Waals surface area contributed by atoms with Crippen molar-refractivity contribution >= 4 is 5.91 Å². The van der Waals surface area contributed by atoms with Crippen LogP contribution >= 0.6 is 0 Å². The zero-order valence-corrected chi connectivity index (χ0v) is 14.3. The van der Waals surface area contributed by atoms with Gasteiger partial charge in [-0.1, -0.05) is 48.9 Å². The Hall–Kier alpha value is -2.34. The average molecular weight is 362 g/mol. The molecule has 6 heteroatoms. The van der Waals surface area contributed by atoms with Gasteiger partial charge in [0.05, 0.1) is 11.1 Å². The fourth-order valence-corrected chi connectivity index (χ4v) is 3.33. The zero-order chi connectivity index (χ0) is 18.6. The minimum atomic E-state index is -4.57. The second kappa shape index (κ2) is 7.91. The number of piperidine rings is 1. The Kier molecular flexibility index (Phi) is 5.61. The summed E-state index contributed by atoms with van der Waals surface area (Å²) >= 11 is 0. The van der Waals surface area contributed by atoms with Crippen molar-refractivity contribution in [2.45, 2.75) is 31.6 Å². The molecule has 1 aliphatic heterocycles. The minimum Gasteiger partial charge on any atom is -0.332 e. The number of hydrogen-bond donors (Lipinski definition) is 1. The summed E-state index contributed by atoms with van der Waals surface area (Å²) in [6.45, 7) is 1.61. The first-order chi connectivity index (χ1) is 12.5. The topological polar surface area (TPSA) is 32.3 Å². The second-order valence-electron chi connectivity index (χ2n) is 6.43. The van der Waals surface area contributed by atoms with Crippen molar-refractivity contribution in [3.05, 3.63) is 71.3 Å². The van der Waals surface area contributed by atoms with Crippen molar-refractivity contribution in [2.75, 3.05) is 13.1 Å². The Morgan fingerprint density at radius 1 is 0.923 bits per heavy atom. The van der Waals surface area contributed by atoms with Crippen LogP contribution in [0.2, 0.25) is 0 Å². The van der Waals surface area contributed by atoms with Gasteiger partial charge in [-0.3, -0.25) is 9.69 Å². The summed E-state index contributed by atoms with van der Waals surface area (Å²) in [5.74, 6) is -0.711. The van der Waals surface area contributed by atoms with Gasteiger partial charge in [0.25, 0.3) is 5.91 Å². The van der Waals surface area contributed by atoms with Crippen molar-refractivity contribution in [2.24, 2.45) is 0 Å². The number of carbonyl (C=O) groups is 1. The molecule has 2 aromatic carbocycles. The number of halogens is 3.